The maximum absolute atomic E-state index is 11.0. The molecule has 3 rings (SSSR count). The van der Waals surface area contributed by atoms with Crippen molar-refractivity contribution in [3.05, 3.63) is 60.2 Å². The van der Waals surface area contributed by atoms with Crippen LogP contribution in [0.5, 0.6) is 5.75 Å². The van der Waals surface area contributed by atoms with Gasteiger partial charge in [-0.15, -0.1) is 0 Å². The van der Waals surface area contributed by atoms with E-state index in [9.17, 15) is 4.79 Å². The van der Waals surface area contributed by atoms with E-state index >= 15 is 0 Å². The first-order valence-corrected chi connectivity index (χ1v) is 9.62. The van der Waals surface area contributed by atoms with E-state index in [0.717, 1.165) is 38.5 Å². The molecule has 5 nitrogen and oxygen atoms in total. The van der Waals surface area contributed by atoms with Gasteiger partial charge in [0.15, 0.2) is 0 Å². The second-order valence-electron chi connectivity index (χ2n) is 7.11. The van der Waals surface area contributed by atoms with Gasteiger partial charge < -0.3 is 15.0 Å². The van der Waals surface area contributed by atoms with Gasteiger partial charge >= 0.3 is 0 Å². The van der Waals surface area contributed by atoms with Crippen LogP contribution < -0.4 is 15.0 Å². The van der Waals surface area contributed by atoms with Gasteiger partial charge in [-0.2, -0.15) is 0 Å². The van der Waals surface area contributed by atoms with Gasteiger partial charge in [-0.3, -0.25) is 9.69 Å². The summed E-state index contributed by atoms with van der Waals surface area (Å²) in [6, 6.07) is 18.9. The van der Waals surface area contributed by atoms with E-state index in [-0.39, 0.29) is 12.0 Å². The average Bonchev–Trinajstić information content (AvgIpc) is 2.69. The van der Waals surface area contributed by atoms with Gasteiger partial charge in [0, 0.05) is 45.3 Å². The first kappa shape index (κ1) is 19.2. The maximum Gasteiger partial charge on any atom is 0.217 e. The Bertz CT molecular complexity index is 710. The molecule has 27 heavy (non-hydrogen) atoms. The summed E-state index contributed by atoms with van der Waals surface area (Å²) < 4.78 is 5.84. The average molecular weight is 367 g/mol. The highest BCUT2D eigenvalue weighted by Crippen LogP contribution is 2.18. The van der Waals surface area contributed by atoms with E-state index in [4.69, 9.17) is 4.74 Å². The normalized spacial score (nSPS) is 16.0. The number of anilines is 1. The SMILES string of the molecule is CC(=O)NC[C@H](C)Oc1ccc(CN2CCN(c3ccccc3)CC2)cc1. The van der Waals surface area contributed by atoms with Gasteiger partial charge in [-0.1, -0.05) is 30.3 Å². The number of amides is 1. The standard InChI is InChI=1S/C22H29N3O2/c1-18(16-23-19(2)26)27-22-10-8-20(9-11-22)17-24-12-14-25(15-13-24)21-6-4-3-5-7-21/h3-11,18H,12-17H2,1-2H3,(H,23,26)/t18-/m0/s1. The highest BCUT2D eigenvalue weighted by atomic mass is 16.5. The van der Waals surface area contributed by atoms with Crippen LogP contribution >= 0.6 is 0 Å². The second-order valence-corrected chi connectivity index (χ2v) is 7.11. The molecule has 1 aliphatic rings. The Morgan fingerprint density at radius 1 is 1.04 bits per heavy atom. The van der Waals surface area contributed by atoms with Crippen molar-refractivity contribution in [1.29, 1.82) is 0 Å². The minimum absolute atomic E-state index is 0.0341. The molecule has 0 unspecified atom stereocenters. The van der Waals surface area contributed by atoms with Gasteiger partial charge in [-0.25, -0.2) is 0 Å². The lowest BCUT2D eigenvalue weighted by atomic mass is 10.2. The van der Waals surface area contributed by atoms with Crippen LogP contribution in [0.2, 0.25) is 0 Å². The Morgan fingerprint density at radius 2 is 1.70 bits per heavy atom. The lowest BCUT2D eigenvalue weighted by molar-refractivity contribution is -0.119. The first-order valence-electron chi connectivity index (χ1n) is 9.62. The van der Waals surface area contributed by atoms with Crippen LogP contribution in [0, 0.1) is 0 Å². The zero-order valence-corrected chi connectivity index (χ0v) is 16.2. The minimum atomic E-state index is -0.0502. The van der Waals surface area contributed by atoms with Crippen LogP contribution in [0.15, 0.2) is 54.6 Å². The van der Waals surface area contributed by atoms with Crippen molar-refractivity contribution in [3.8, 4) is 5.75 Å². The molecule has 0 aromatic heterocycles. The summed E-state index contributed by atoms with van der Waals surface area (Å²) in [7, 11) is 0. The minimum Gasteiger partial charge on any atom is -0.489 e. The van der Waals surface area contributed by atoms with E-state index in [1.54, 1.807) is 0 Å². The second kappa shape index (κ2) is 9.42. The topological polar surface area (TPSA) is 44.8 Å². The predicted octanol–water partition coefficient (Wildman–Crippen LogP) is 2.91. The molecule has 5 heteroatoms. The number of hydrogen-bond donors (Lipinski definition) is 1. The molecule has 1 fully saturated rings. The Morgan fingerprint density at radius 3 is 2.33 bits per heavy atom. The Kier molecular flexibility index (Phi) is 6.71. The number of piperazine rings is 1. The van der Waals surface area contributed by atoms with Crippen molar-refractivity contribution >= 4 is 11.6 Å². The molecule has 2 aromatic carbocycles. The molecule has 0 bridgehead atoms. The van der Waals surface area contributed by atoms with Crippen molar-refractivity contribution in [2.24, 2.45) is 0 Å². The van der Waals surface area contributed by atoms with Crippen LogP contribution in [-0.4, -0.2) is 49.6 Å². The van der Waals surface area contributed by atoms with Gasteiger partial charge in [0.25, 0.3) is 0 Å². The molecule has 1 heterocycles. The fraction of sp³-hybridized carbons (Fsp3) is 0.409. The lowest BCUT2D eigenvalue weighted by Crippen LogP contribution is -2.45. The number of carbonyl (C=O) groups is 1. The predicted molar refractivity (Wildman–Crippen MR) is 109 cm³/mol. The summed E-state index contributed by atoms with van der Waals surface area (Å²) in [4.78, 5) is 15.9. The monoisotopic (exact) mass is 367 g/mol. The molecular formula is C22H29N3O2. The number of carbonyl (C=O) groups excluding carboxylic acids is 1. The number of nitrogens with zero attached hydrogens (tertiary/aromatic N) is 2. The molecule has 2 aromatic rings. The van der Waals surface area contributed by atoms with Crippen molar-refractivity contribution in [2.45, 2.75) is 26.5 Å². The lowest BCUT2D eigenvalue weighted by Gasteiger charge is -2.36. The number of hydrogen-bond acceptors (Lipinski definition) is 4. The van der Waals surface area contributed by atoms with Crippen molar-refractivity contribution in [2.75, 3.05) is 37.6 Å². The number of nitrogens with one attached hydrogen (secondary N) is 1. The molecule has 1 atom stereocenters. The van der Waals surface area contributed by atoms with Crippen LogP contribution in [0.3, 0.4) is 0 Å². The molecular weight excluding hydrogens is 338 g/mol. The van der Waals surface area contributed by atoms with Crippen molar-refractivity contribution in [3.63, 3.8) is 0 Å². The summed E-state index contributed by atoms with van der Waals surface area (Å²) in [6.07, 6.45) is -0.0502. The fourth-order valence-electron chi connectivity index (χ4n) is 3.30. The van der Waals surface area contributed by atoms with E-state index < -0.39 is 0 Å². The van der Waals surface area contributed by atoms with Gasteiger partial charge in [-0.05, 0) is 36.8 Å². The molecule has 0 spiro atoms. The van der Waals surface area contributed by atoms with Crippen LogP contribution in [0.1, 0.15) is 19.4 Å². The van der Waals surface area contributed by atoms with E-state index in [1.165, 1.54) is 18.2 Å². The summed E-state index contributed by atoms with van der Waals surface area (Å²) in [5.41, 5.74) is 2.61. The molecule has 1 N–H and O–H groups in total. The van der Waals surface area contributed by atoms with Crippen molar-refractivity contribution < 1.29 is 9.53 Å². The van der Waals surface area contributed by atoms with Gasteiger partial charge in [0.2, 0.25) is 5.91 Å². The van der Waals surface area contributed by atoms with E-state index in [2.05, 4.69) is 57.6 Å². The molecule has 0 aliphatic carbocycles. The Balaban J connectivity index is 1.44. The van der Waals surface area contributed by atoms with Gasteiger partial charge in [0.05, 0.1) is 6.54 Å². The van der Waals surface area contributed by atoms with E-state index in [1.807, 2.05) is 19.1 Å². The third-order valence-electron chi connectivity index (χ3n) is 4.80. The molecule has 144 valence electrons. The Hall–Kier alpha value is -2.53. The quantitative estimate of drug-likeness (QED) is 0.817. The molecule has 0 radical (unpaired) electrons. The molecule has 0 saturated carbocycles. The smallest absolute Gasteiger partial charge is 0.217 e. The van der Waals surface area contributed by atoms with E-state index in [0.29, 0.717) is 6.54 Å². The molecule has 1 aliphatic heterocycles. The number of benzene rings is 2. The first-order chi connectivity index (χ1) is 13.1. The fourth-order valence-corrected chi connectivity index (χ4v) is 3.30. The largest absolute Gasteiger partial charge is 0.489 e. The van der Waals surface area contributed by atoms with Crippen molar-refractivity contribution in [1.82, 2.24) is 10.2 Å². The zero-order chi connectivity index (χ0) is 19.1. The Labute approximate surface area is 161 Å². The highest BCUT2D eigenvalue weighted by molar-refractivity contribution is 5.72. The molecule has 1 amide bonds. The summed E-state index contributed by atoms with van der Waals surface area (Å²) in [5, 5.41) is 2.77. The van der Waals surface area contributed by atoms with Crippen LogP contribution in [0.4, 0.5) is 5.69 Å². The third kappa shape index (κ3) is 6.00. The third-order valence-corrected chi connectivity index (χ3v) is 4.80. The zero-order valence-electron chi connectivity index (χ0n) is 16.2. The number of rotatable bonds is 7. The number of para-hydroxylation sites is 1. The number of ether oxygens (including phenoxy) is 1. The maximum atomic E-state index is 11.0. The van der Waals surface area contributed by atoms with Gasteiger partial charge in [0.1, 0.15) is 11.9 Å². The van der Waals surface area contributed by atoms with Crippen LogP contribution in [0.25, 0.3) is 0 Å². The van der Waals surface area contributed by atoms with Crippen LogP contribution in [-0.2, 0) is 11.3 Å². The summed E-state index contributed by atoms with van der Waals surface area (Å²) in [5.74, 6) is 0.804. The highest BCUT2D eigenvalue weighted by Gasteiger charge is 2.17. The summed E-state index contributed by atoms with van der Waals surface area (Å²) >= 11 is 0. The summed E-state index contributed by atoms with van der Waals surface area (Å²) in [6.45, 7) is 9.21. The molecule has 1 saturated heterocycles.